The zero-order chi connectivity index (χ0) is 13.4. The van der Waals surface area contributed by atoms with E-state index in [2.05, 4.69) is 19.1 Å². The molecule has 102 valence electrons. The first-order chi connectivity index (χ1) is 8.76. The Morgan fingerprint density at radius 2 is 2.00 bits per heavy atom. The van der Waals surface area contributed by atoms with E-state index in [4.69, 9.17) is 15.2 Å². The number of ether oxygens (including phenoxy) is 2. The highest BCUT2D eigenvalue weighted by Gasteiger charge is 2.11. The molecule has 0 unspecified atom stereocenters. The Hall–Kier alpha value is -0.870. The Labute approximate surface area is 114 Å². The molecule has 0 aromatic heterocycles. The number of methoxy groups -OCH3 is 1. The van der Waals surface area contributed by atoms with E-state index in [-0.39, 0.29) is 0 Å². The van der Waals surface area contributed by atoms with E-state index in [1.807, 2.05) is 6.92 Å². The van der Waals surface area contributed by atoms with E-state index in [9.17, 15) is 0 Å². The standard InChI is InChI=1S/C14H23NO2S/c1-4-8-18-14-10-12(17-5-2)11(6-7-15)9-13(14)16-3/h9-10H,4-8,15H2,1-3H3. The van der Waals surface area contributed by atoms with Gasteiger partial charge in [-0.3, -0.25) is 0 Å². The van der Waals surface area contributed by atoms with Gasteiger partial charge in [-0.15, -0.1) is 11.8 Å². The molecule has 2 N–H and O–H groups in total. The minimum absolute atomic E-state index is 0.616. The summed E-state index contributed by atoms with van der Waals surface area (Å²) in [5.74, 6) is 2.93. The van der Waals surface area contributed by atoms with Crippen LogP contribution in [0.3, 0.4) is 0 Å². The third-order valence-corrected chi connectivity index (χ3v) is 3.76. The third kappa shape index (κ3) is 4.10. The van der Waals surface area contributed by atoms with Crippen molar-refractivity contribution in [3.8, 4) is 11.5 Å². The lowest BCUT2D eigenvalue weighted by Gasteiger charge is -2.15. The second-order valence-corrected chi connectivity index (χ2v) is 5.07. The highest BCUT2D eigenvalue weighted by atomic mass is 32.2. The largest absolute Gasteiger partial charge is 0.496 e. The molecule has 0 bridgehead atoms. The Balaban J connectivity index is 3.05. The number of hydrogen-bond acceptors (Lipinski definition) is 4. The number of thioether (sulfide) groups is 1. The average Bonchev–Trinajstić information content (AvgIpc) is 2.39. The normalized spacial score (nSPS) is 10.4. The maximum absolute atomic E-state index is 5.69. The minimum atomic E-state index is 0.616. The van der Waals surface area contributed by atoms with E-state index >= 15 is 0 Å². The van der Waals surface area contributed by atoms with Crippen molar-refractivity contribution in [2.24, 2.45) is 5.73 Å². The Morgan fingerprint density at radius 3 is 2.56 bits per heavy atom. The average molecular weight is 269 g/mol. The van der Waals surface area contributed by atoms with Crippen LogP contribution in [0.1, 0.15) is 25.8 Å². The van der Waals surface area contributed by atoms with Crippen molar-refractivity contribution in [1.29, 1.82) is 0 Å². The molecule has 1 aromatic rings. The second-order valence-electron chi connectivity index (χ2n) is 3.93. The molecule has 0 aliphatic rings. The van der Waals surface area contributed by atoms with Gasteiger partial charge in [0.2, 0.25) is 0 Å². The van der Waals surface area contributed by atoms with Gasteiger partial charge in [0.15, 0.2) is 0 Å². The molecule has 1 aromatic carbocycles. The van der Waals surface area contributed by atoms with Gasteiger partial charge < -0.3 is 15.2 Å². The van der Waals surface area contributed by atoms with Crippen molar-refractivity contribution in [3.63, 3.8) is 0 Å². The van der Waals surface area contributed by atoms with E-state index in [1.54, 1.807) is 18.9 Å². The van der Waals surface area contributed by atoms with E-state index in [0.717, 1.165) is 40.6 Å². The quantitative estimate of drug-likeness (QED) is 0.737. The fraction of sp³-hybridized carbons (Fsp3) is 0.571. The topological polar surface area (TPSA) is 44.5 Å². The first kappa shape index (κ1) is 15.2. The number of rotatable bonds is 8. The molecular formula is C14H23NO2S. The monoisotopic (exact) mass is 269 g/mol. The minimum Gasteiger partial charge on any atom is -0.496 e. The van der Waals surface area contributed by atoms with Crippen LogP contribution < -0.4 is 15.2 Å². The Morgan fingerprint density at radius 1 is 1.22 bits per heavy atom. The van der Waals surface area contributed by atoms with Gasteiger partial charge in [-0.2, -0.15) is 0 Å². The fourth-order valence-corrected chi connectivity index (χ4v) is 2.61. The summed E-state index contributed by atoms with van der Waals surface area (Å²) >= 11 is 1.80. The predicted octanol–water partition coefficient (Wildman–Crippen LogP) is 3.10. The van der Waals surface area contributed by atoms with E-state index in [0.29, 0.717) is 13.2 Å². The number of nitrogens with two attached hydrogens (primary N) is 1. The highest BCUT2D eigenvalue weighted by molar-refractivity contribution is 7.99. The lowest BCUT2D eigenvalue weighted by Crippen LogP contribution is -2.06. The van der Waals surface area contributed by atoms with Crippen molar-refractivity contribution in [2.75, 3.05) is 26.0 Å². The Bertz CT molecular complexity index is 369. The van der Waals surface area contributed by atoms with Gasteiger partial charge in [0.05, 0.1) is 18.6 Å². The van der Waals surface area contributed by atoms with Crippen molar-refractivity contribution >= 4 is 11.8 Å². The summed E-state index contributed by atoms with van der Waals surface area (Å²) in [6.07, 6.45) is 1.95. The van der Waals surface area contributed by atoms with Gasteiger partial charge in [-0.25, -0.2) is 0 Å². The molecule has 0 aliphatic heterocycles. The molecule has 18 heavy (non-hydrogen) atoms. The zero-order valence-corrected chi connectivity index (χ0v) is 12.3. The molecule has 0 heterocycles. The van der Waals surface area contributed by atoms with E-state index in [1.165, 1.54) is 0 Å². The summed E-state index contributed by atoms with van der Waals surface area (Å²) in [5, 5.41) is 0. The fourth-order valence-electron chi connectivity index (χ4n) is 1.71. The van der Waals surface area contributed by atoms with Crippen LogP contribution in [0.15, 0.2) is 17.0 Å². The maximum Gasteiger partial charge on any atom is 0.132 e. The summed E-state index contributed by atoms with van der Waals surface area (Å²) in [6.45, 7) is 5.45. The molecule has 3 nitrogen and oxygen atoms in total. The van der Waals surface area contributed by atoms with Gasteiger partial charge in [0.25, 0.3) is 0 Å². The van der Waals surface area contributed by atoms with Gasteiger partial charge in [0, 0.05) is 0 Å². The van der Waals surface area contributed by atoms with Crippen LogP contribution in [0, 0.1) is 0 Å². The van der Waals surface area contributed by atoms with Gasteiger partial charge in [-0.1, -0.05) is 6.92 Å². The molecule has 0 aliphatic carbocycles. The first-order valence-corrected chi connectivity index (χ1v) is 7.41. The maximum atomic E-state index is 5.69. The van der Waals surface area contributed by atoms with Crippen LogP contribution in [0.4, 0.5) is 0 Å². The van der Waals surface area contributed by atoms with Crippen molar-refractivity contribution in [3.05, 3.63) is 17.7 Å². The van der Waals surface area contributed by atoms with Crippen LogP contribution in [0.2, 0.25) is 0 Å². The molecule has 0 atom stereocenters. The van der Waals surface area contributed by atoms with Crippen molar-refractivity contribution in [1.82, 2.24) is 0 Å². The molecule has 0 spiro atoms. The number of benzene rings is 1. The summed E-state index contributed by atoms with van der Waals surface area (Å²) in [6, 6.07) is 4.13. The molecule has 0 amide bonds. The lowest BCUT2D eigenvalue weighted by atomic mass is 10.1. The summed E-state index contributed by atoms with van der Waals surface area (Å²) in [5.41, 5.74) is 6.76. The van der Waals surface area contributed by atoms with Crippen LogP contribution >= 0.6 is 11.8 Å². The smallest absolute Gasteiger partial charge is 0.132 e. The van der Waals surface area contributed by atoms with Crippen LogP contribution in [0.25, 0.3) is 0 Å². The van der Waals surface area contributed by atoms with Gasteiger partial charge in [0.1, 0.15) is 11.5 Å². The number of hydrogen-bond donors (Lipinski definition) is 1. The van der Waals surface area contributed by atoms with Gasteiger partial charge >= 0.3 is 0 Å². The van der Waals surface area contributed by atoms with Crippen LogP contribution in [-0.2, 0) is 6.42 Å². The molecule has 1 rings (SSSR count). The predicted molar refractivity (Wildman–Crippen MR) is 77.9 cm³/mol. The molecule has 0 saturated carbocycles. The summed E-state index contributed by atoms with van der Waals surface area (Å²) < 4.78 is 11.1. The molecule has 0 saturated heterocycles. The third-order valence-electron chi connectivity index (χ3n) is 2.52. The highest BCUT2D eigenvalue weighted by Crippen LogP contribution is 2.36. The molecule has 0 radical (unpaired) electrons. The summed E-state index contributed by atoms with van der Waals surface area (Å²) in [7, 11) is 1.71. The van der Waals surface area contributed by atoms with Crippen molar-refractivity contribution < 1.29 is 9.47 Å². The van der Waals surface area contributed by atoms with Crippen LogP contribution in [0.5, 0.6) is 11.5 Å². The van der Waals surface area contributed by atoms with Gasteiger partial charge in [-0.05, 0) is 49.8 Å². The Kier molecular flexibility index (Phi) is 6.98. The molecule has 4 heteroatoms. The molecular weight excluding hydrogens is 246 g/mol. The molecule has 0 fully saturated rings. The van der Waals surface area contributed by atoms with Crippen molar-refractivity contribution in [2.45, 2.75) is 31.6 Å². The first-order valence-electron chi connectivity index (χ1n) is 6.43. The summed E-state index contributed by atoms with van der Waals surface area (Å²) in [4.78, 5) is 1.14. The SMILES string of the molecule is CCCSc1cc(OCC)c(CCN)cc1OC. The lowest BCUT2D eigenvalue weighted by molar-refractivity contribution is 0.333. The zero-order valence-electron chi connectivity index (χ0n) is 11.5. The van der Waals surface area contributed by atoms with E-state index < -0.39 is 0 Å². The van der Waals surface area contributed by atoms with Crippen LogP contribution in [-0.4, -0.2) is 26.0 Å². The second kappa shape index (κ2) is 8.27.